The predicted molar refractivity (Wildman–Crippen MR) is 122 cm³/mol. The molecule has 0 saturated heterocycles. The molecule has 0 aliphatic carbocycles. The van der Waals surface area contributed by atoms with Crippen LogP contribution < -0.4 is 0 Å². The van der Waals surface area contributed by atoms with Gasteiger partial charge in [-0.05, 0) is 42.8 Å². The highest BCUT2D eigenvalue weighted by Gasteiger charge is 2.21. The Bertz CT molecular complexity index is 1320. The first-order chi connectivity index (χ1) is 15.2. The fraction of sp³-hybridized carbons (Fsp3) is 0.130. The minimum atomic E-state index is -0.0133. The lowest BCUT2D eigenvalue weighted by molar-refractivity contribution is 0.464. The number of halogens is 1. The van der Waals surface area contributed by atoms with E-state index in [0.29, 0.717) is 22.7 Å². The first-order valence-corrected chi connectivity index (χ1v) is 11.0. The Morgan fingerprint density at radius 1 is 1.03 bits per heavy atom. The summed E-state index contributed by atoms with van der Waals surface area (Å²) in [5, 5.41) is 9.53. The molecule has 0 saturated carbocycles. The topological polar surface area (TPSA) is 69.6 Å². The molecule has 3 heterocycles. The third-order valence-electron chi connectivity index (χ3n) is 4.90. The van der Waals surface area contributed by atoms with E-state index in [-0.39, 0.29) is 5.25 Å². The molecule has 0 radical (unpaired) electrons. The van der Waals surface area contributed by atoms with Crippen LogP contribution in [-0.4, -0.2) is 24.7 Å². The maximum Gasteiger partial charge on any atom is 0.277 e. The van der Waals surface area contributed by atoms with Gasteiger partial charge >= 0.3 is 0 Å². The fourth-order valence-electron chi connectivity index (χ4n) is 3.44. The second-order valence-electron chi connectivity index (χ2n) is 7.04. The van der Waals surface area contributed by atoms with Crippen LogP contribution in [0, 0.1) is 0 Å². The summed E-state index contributed by atoms with van der Waals surface area (Å²) in [5.41, 5.74) is 3.95. The summed E-state index contributed by atoms with van der Waals surface area (Å²) in [7, 11) is 0. The molecule has 0 fully saturated rings. The van der Waals surface area contributed by atoms with Gasteiger partial charge in [0.15, 0.2) is 0 Å². The van der Waals surface area contributed by atoms with E-state index in [2.05, 4.69) is 38.8 Å². The average Bonchev–Trinajstić information content (AvgIpc) is 3.40. The lowest BCUT2D eigenvalue weighted by atomic mass is 10.2. The highest BCUT2D eigenvalue weighted by atomic mass is 35.5. The van der Waals surface area contributed by atoms with Crippen LogP contribution >= 0.6 is 23.4 Å². The zero-order valence-electron chi connectivity index (χ0n) is 16.6. The standard InChI is InChI=1S/C23H18ClN5OS/c1-15(31-23-28-27-22(30-23)17-9-11-25-12-10-17)21-26-19-13-18(24)7-8-20(19)29(21)14-16-5-3-2-4-6-16/h2-13,15H,14H2,1H3/t15-/m1/s1. The van der Waals surface area contributed by atoms with Crippen molar-refractivity contribution >= 4 is 34.4 Å². The highest BCUT2D eigenvalue weighted by molar-refractivity contribution is 7.99. The number of hydrogen-bond acceptors (Lipinski definition) is 6. The van der Waals surface area contributed by atoms with Crippen molar-refractivity contribution < 1.29 is 4.42 Å². The number of fused-ring (bicyclic) bond motifs is 1. The first kappa shape index (κ1) is 19.8. The van der Waals surface area contributed by atoms with E-state index in [4.69, 9.17) is 21.0 Å². The fourth-order valence-corrected chi connectivity index (χ4v) is 4.41. The van der Waals surface area contributed by atoms with E-state index in [1.165, 1.54) is 17.3 Å². The van der Waals surface area contributed by atoms with E-state index in [1.54, 1.807) is 12.4 Å². The van der Waals surface area contributed by atoms with Gasteiger partial charge in [0, 0.05) is 29.5 Å². The van der Waals surface area contributed by atoms with Crippen molar-refractivity contribution in [2.45, 2.75) is 23.9 Å². The number of rotatable bonds is 6. The Balaban J connectivity index is 1.47. The maximum atomic E-state index is 6.22. The van der Waals surface area contributed by atoms with Crippen LogP contribution in [0.3, 0.4) is 0 Å². The molecule has 0 spiro atoms. The lowest BCUT2D eigenvalue weighted by Gasteiger charge is -2.13. The van der Waals surface area contributed by atoms with Crippen molar-refractivity contribution in [2.75, 3.05) is 0 Å². The molecule has 0 aliphatic rings. The molecule has 0 amide bonds. The van der Waals surface area contributed by atoms with Gasteiger partial charge in [0.25, 0.3) is 5.22 Å². The molecule has 31 heavy (non-hydrogen) atoms. The molecule has 8 heteroatoms. The zero-order chi connectivity index (χ0) is 21.2. The molecule has 1 atom stereocenters. The molecule has 0 N–H and O–H groups in total. The largest absolute Gasteiger partial charge is 0.411 e. The molecule has 6 nitrogen and oxygen atoms in total. The molecular weight excluding hydrogens is 430 g/mol. The number of thioether (sulfide) groups is 1. The van der Waals surface area contributed by atoms with Gasteiger partial charge < -0.3 is 8.98 Å². The lowest BCUT2D eigenvalue weighted by Crippen LogP contribution is -2.06. The van der Waals surface area contributed by atoms with Gasteiger partial charge in [-0.1, -0.05) is 53.7 Å². The molecule has 5 rings (SSSR count). The van der Waals surface area contributed by atoms with Gasteiger partial charge in [-0.3, -0.25) is 4.98 Å². The highest BCUT2D eigenvalue weighted by Crippen LogP contribution is 2.36. The Morgan fingerprint density at radius 2 is 1.84 bits per heavy atom. The quantitative estimate of drug-likeness (QED) is 0.296. The van der Waals surface area contributed by atoms with Crippen LogP contribution in [0.5, 0.6) is 0 Å². The summed E-state index contributed by atoms with van der Waals surface area (Å²) in [6.45, 7) is 2.80. The molecule has 0 unspecified atom stereocenters. The second-order valence-corrected chi connectivity index (χ2v) is 8.77. The average molecular weight is 448 g/mol. The number of benzene rings is 2. The molecule has 0 aliphatic heterocycles. The molecule has 3 aromatic heterocycles. The van der Waals surface area contributed by atoms with Crippen molar-refractivity contribution in [2.24, 2.45) is 0 Å². The molecule has 5 aromatic rings. The Morgan fingerprint density at radius 3 is 2.65 bits per heavy atom. The summed E-state index contributed by atoms with van der Waals surface area (Å²) in [5.74, 6) is 1.40. The smallest absolute Gasteiger partial charge is 0.277 e. The number of pyridine rings is 1. The van der Waals surface area contributed by atoms with Crippen LogP contribution in [0.4, 0.5) is 0 Å². The Kier molecular flexibility index (Phi) is 5.44. The summed E-state index contributed by atoms with van der Waals surface area (Å²) >= 11 is 7.70. The van der Waals surface area contributed by atoms with Crippen LogP contribution in [0.15, 0.2) is 82.7 Å². The van der Waals surface area contributed by atoms with Crippen LogP contribution in [-0.2, 0) is 6.54 Å². The van der Waals surface area contributed by atoms with Gasteiger partial charge in [0.05, 0.1) is 16.3 Å². The summed E-state index contributed by atoms with van der Waals surface area (Å²) in [6, 6.07) is 19.8. The molecule has 2 aromatic carbocycles. The molecule has 0 bridgehead atoms. The van der Waals surface area contributed by atoms with Crippen LogP contribution in [0.2, 0.25) is 5.02 Å². The molecule has 154 valence electrons. The minimum absolute atomic E-state index is 0.0133. The van der Waals surface area contributed by atoms with Crippen molar-refractivity contribution in [3.05, 3.63) is 89.5 Å². The van der Waals surface area contributed by atoms with Crippen molar-refractivity contribution in [1.82, 2.24) is 24.7 Å². The number of aromatic nitrogens is 5. The van der Waals surface area contributed by atoms with Gasteiger partial charge in [-0.15, -0.1) is 10.2 Å². The second kappa shape index (κ2) is 8.53. The minimum Gasteiger partial charge on any atom is -0.411 e. The molecular formula is C23H18ClN5OS. The Labute approximate surface area is 188 Å². The van der Waals surface area contributed by atoms with E-state index >= 15 is 0 Å². The number of hydrogen-bond donors (Lipinski definition) is 0. The van der Waals surface area contributed by atoms with Crippen molar-refractivity contribution in [1.29, 1.82) is 0 Å². The monoisotopic (exact) mass is 447 g/mol. The van der Waals surface area contributed by atoms with Crippen molar-refractivity contribution in [3.8, 4) is 11.5 Å². The number of imidazole rings is 1. The van der Waals surface area contributed by atoms with E-state index < -0.39 is 0 Å². The van der Waals surface area contributed by atoms with Gasteiger partial charge in [0.1, 0.15) is 5.82 Å². The van der Waals surface area contributed by atoms with Gasteiger partial charge in [-0.2, -0.15) is 0 Å². The summed E-state index contributed by atoms with van der Waals surface area (Å²) in [4.78, 5) is 8.91. The number of nitrogens with zero attached hydrogens (tertiary/aromatic N) is 5. The summed E-state index contributed by atoms with van der Waals surface area (Å²) < 4.78 is 8.09. The van der Waals surface area contributed by atoms with E-state index in [0.717, 1.165) is 22.4 Å². The summed E-state index contributed by atoms with van der Waals surface area (Å²) in [6.07, 6.45) is 3.40. The third kappa shape index (κ3) is 4.19. The van der Waals surface area contributed by atoms with Crippen LogP contribution in [0.1, 0.15) is 23.6 Å². The normalized spacial score (nSPS) is 12.3. The van der Waals surface area contributed by atoms with E-state index in [9.17, 15) is 0 Å². The maximum absolute atomic E-state index is 6.22. The predicted octanol–water partition coefficient (Wildman–Crippen LogP) is 6.04. The van der Waals surface area contributed by atoms with Crippen molar-refractivity contribution in [3.63, 3.8) is 0 Å². The Hall–Kier alpha value is -3.16. The first-order valence-electron chi connectivity index (χ1n) is 9.77. The van der Waals surface area contributed by atoms with Gasteiger partial charge in [0.2, 0.25) is 5.89 Å². The zero-order valence-corrected chi connectivity index (χ0v) is 18.2. The third-order valence-corrected chi connectivity index (χ3v) is 6.06. The SMILES string of the molecule is C[C@@H](Sc1nnc(-c2ccncc2)o1)c1nc2cc(Cl)ccc2n1Cc1ccccc1. The van der Waals surface area contributed by atoms with Crippen LogP contribution in [0.25, 0.3) is 22.5 Å². The van der Waals surface area contributed by atoms with Gasteiger partial charge in [-0.25, -0.2) is 4.98 Å². The van der Waals surface area contributed by atoms with E-state index in [1.807, 2.05) is 48.5 Å².